The molecule has 0 aromatic heterocycles. The zero-order chi connectivity index (χ0) is 15.3. The fraction of sp³-hybridized carbons (Fsp3) is 0.562. The number of hydrogen-bond acceptors (Lipinski definition) is 3. The van der Waals surface area contributed by atoms with Gasteiger partial charge in [0.25, 0.3) is 0 Å². The van der Waals surface area contributed by atoms with Crippen molar-refractivity contribution in [1.82, 2.24) is 9.80 Å². The lowest BCUT2D eigenvalue weighted by atomic mass is 10.1. The lowest BCUT2D eigenvalue weighted by molar-refractivity contribution is 0.0285. The first-order valence-corrected chi connectivity index (χ1v) is 6.84. The van der Waals surface area contributed by atoms with E-state index in [1.165, 1.54) is 5.56 Å². The summed E-state index contributed by atoms with van der Waals surface area (Å²) in [5.41, 5.74) is 1.90. The number of hydrogen-bond donors (Lipinski definition) is 0. The van der Waals surface area contributed by atoms with Gasteiger partial charge >= 0.3 is 6.09 Å². The van der Waals surface area contributed by atoms with Crippen molar-refractivity contribution in [2.45, 2.75) is 39.5 Å². The molecule has 0 atom stereocenters. The number of benzene rings is 1. The van der Waals surface area contributed by atoms with Crippen LogP contribution in [0.4, 0.5) is 4.79 Å². The fourth-order valence-electron chi connectivity index (χ4n) is 1.79. The van der Waals surface area contributed by atoms with Crippen LogP contribution in [-0.2, 0) is 17.8 Å². The van der Waals surface area contributed by atoms with Crippen molar-refractivity contribution >= 4 is 6.09 Å². The van der Waals surface area contributed by atoms with E-state index in [0.29, 0.717) is 6.54 Å². The van der Waals surface area contributed by atoms with Gasteiger partial charge in [0.2, 0.25) is 0 Å². The monoisotopic (exact) mass is 278 g/mol. The lowest BCUT2D eigenvalue weighted by Crippen LogP contribution is -2.33. The van der Waals surface area contributed by atoms with E-state index < -0.39 is 5.60 Å². The van der Waals surface area contributed by atoms with Crippen LogP contribution in [0.3, 0.4) is 0 Å². The number of carbonyl (C=O) groups is 1. The van der Waals surface area contributed by atoms with Crippen LogP contribution in [-0.4, -0.2) is 42.6 Å². The molecule has 0 aliphatic heterocycles. The van der Waals surface area contributed by atoms with Gasteiger partial charge in [-0.05, 0) is 46.0 Å². The molecular formula is C16H26N2O2. The first-order chi connectivity index (χ1) is 9.17. The normalized spacial score (nSPS) is 11.6. The minimum atomic E-state index is -0.457. The number of carbonyl (C=O) groups excluding carboxylic acids is 1. The van der Waals surface area contributed by atoms with Gasteiger partial charge in [-0.2, -0.15) is 0 Å². The predicted octanol–water partition coefficient (Wildman–Crippen LogP) is 3.12. The molecule has 0 spiro atoms. The van der Waals surface area contributed by atoms with Crippen LogP contribution in [0.5, 0.6) is 0 Å². The molecule has 0 heterocycles. The second kappa shape index (κ2) is 6.75. The molecule has 0 unspecified atom stereocenters. The molecule has 1 amide bonds. The standard InChI is InChI=1S/C16H26N2O2/c1-16(2,3)20-15(19)18(6)12-14-9-7-13(8-10-14)11-17(4)5/h7-10H,11-12H2,1-6H3. The first kappa shape index (κ1) is 16.5. The van der Waals surface area contributed by atoms with E-state index >= 15 is 0 Å². The summed E-state index contributed by atoms with van der Waals surface area (Å²) in [6.07, 6.45) is -0.296. The SMILES string of the molecule is CN(C)Cc1ccc(CN(C)C(=O)OC(C)(C)C)cc1. The highest BCUT2D eigenvalue weighted by atomic mass is 16.6. The molecule has 4 heteroatoms. The van der Waals surface area contributed by atoms with Crippen LogP contribution in [0, 0.1) is 0 Å². The highest BCUT2D eigenvalue weighted by Crippen LogP contribution is 2.12. The third kappa shape index (κ3) is 6.06. The molecule has 0 N–H and O–H groups in total. The molecule has 4 nitrogen and oxygen atoms in total. The molecule has 1 rings (SSSR count). The van der Waals surface area contributed by atoms with Crippen LogP contribution in [0.1, 0.15) is 31.9 Å². The fourth-order valence-corrected chi connectivity index (χ4v) is 1.79. The van der Waals surface area contributed by atoms with Gasteiger partial charge in [-0.25, -0.2) is 4.79 Å². The third-order valence-electron chi connectivity index (χ3n) is 2.65. The van der Waals surface area contributed by atoms with Gasteiger partial charge in [0.15, 0.2) is 0 Å². The highest BCUT2D eigenvalue weighted by Gasteiger charge is 2.19. The van der Waals surface area contributed by atoms with Crippen LogP contribution in [0.15, 0.2) is 24.3 Å². The molecular weight excluding hydrogens is 252 g/mol. The molecule has 0 fully saturated rings. The number of rotatable bonds is 4. The minimum absolute atomic E-state index is 0.296. The third-order valence-corrected chi connectivity index (χ3v) is 2.65. The Balaban J connectivity index is 2.58. The number of amides is 1. The van der Waals surface area contributed by atoms with Crippen molar-refractivity contribution < 1.29 is 9.53 Å². The van der Waals surface area contributed by atoms with Crippen molar-refractivity contribution in [2.75, 3.05) is 21.1 Å². The molecule has 0 saturated heterocycles. The first-order valence-electron chi connectivity index (χ1n) is 6.84. The Kier molecular flexibility index (Phi) is 5.57. The molecule has 0 bridgehead atoms. The Labute approximate surface area is 122 Å². The molecule has 0 saturated carbocycles. The summed E-state index contributed by atoms with van der Waals surface area (Å²) in [5.74, 6) is 0. The minimum Gasteiger partial charge on any atom is -0.444 e. The van der Waals surface area contributed by atoms with E-state index in [-0.39, 0.29) is 6.09 Å². The van der Waals surface area contributed by atoms with Gasteiger partial charge in [0, 0.05) is 20.1 Å². The molecule has 1 aromatic rings. The van der Waals surface area contributed by atoms with Gasteiger partial charge < -0.3 is 14.5 Å². The maximum Gasteiger partial charge on any atom is 0.410 e. The zero-order valence-electron chi connectivity index (χ0n) is 13.4. The van der Waals surface area contributed by atoms with E-state index in [4.69, 9.17) is 4.74 Å². The molecule has 0 aliphatic carbocycles. The van der Waals surface area contributed by atoms with E-state index in [1.807, 2.05) is 34.9 Å². The van der Waals surface area contributed by atoms with Gasteiger partial charge in [-0.15, -0.1) is 0 Å². The number of nitrogens with zero attached hydrogens (tertiary/aromatic N) is 2. The predicted molar refractivity (Wildman–Crippen MR) is 81.5 cm³/mol. The van der Waals surface area contributed by atoms with E-state index in [0.717, 1.165) is 12.1 Å². The second-order valence-electron chi connectivity index (χ2n) is 6.39. The summed E-state index contributed by atoms with van der Waals surface area (Å²) in [6.45, 7) is 7.08. The van der Waals surface area contributed by atoms with E-state index in [2.05, 4.69) is 29.2 Å². The van der Waals surface area contributed by atoms with E-state index in [1.54, 1.807) is 11.9 Å². The van der Waals surface area contributed by atoms with Crippen LogP contribution < -0.4 is 0 Å². The summed E-state index contributed by atoms with van der Waals surface area (Å²) in [6, 6.07) is 8.30. The van der Waals surface area contributed by atoms with Crippen LogP contribution >= 0.6 is 0 Å². The maximum atomic E-state index is 11.9. The molecule has 20 heavy (non-hydrogen) atoms. The van der Waals surface area contributed by atoms with E-state index in [9.17, 15) is 4.79 Å². The van der Waals surface area contributed by atoms with Crippen LogP contribution in [0.25, 0.3) is 0 Å². The summed E-state index contributed by atoms with van der Waals surface area (Å²) in [5, 5.41) is 0. The highest BCUT2D eigenvalue weighted by molar-refractivity contribution is 5.67. The van der Waals surface area contributed by atoms with Gasteiger partial charge in [-0.1, -0.05) is 24.3 Å². The molecule has 0 aliphatic rings. The second-order valence-corrected chi connectivity index (χ2v) is 6.39. The Hall–Kier alpha value is -1.55. The maximum absolute atomic E-state index is 11.9. The summed E-state index contributed by atoms with van der Waals surface area (Å²) in [4.78, 5) is 15.6. The largest absolute Gasteiger partial charge is 0.444 e. The van der Waals surface area contributed by atoms with Gasteiger partial charge in [0.05, 0.1) is 0 Å². The smallest absolute Gasteiger partial charge is 0.410 e. The Morgan fingerprint density at radius 2 is 1.45 bits per heavy atom. The van der Waals surface area contributed by atoms with Crippen molar-refractivity contribution in [3.05, 3.63) is 35.4 Å². The molecule has 112 valence electrons. The van der Waals surface area contributed by atoms with Crippen LogP contribution in [0.2, 0.25) is 0 Å². The van der Waals surface area contributed by atoms with Crippen molar-refractivity contribution in [1.29, 1.82) is 0 Å². The van der Waals surface area contributed by atoms with Gasteiger partial charge in [0.1, 0.15) is 5.60 Å². The molecule has 1 aromatic carbocycles. The number of ether oxygens (including phenoxy) is 1. The average Bonchev–Trinajstić information content (AvgIpc) is 2.28. The topological polar surface area (TPSA) is 32.8 Å². The van der Waals surface area contributed by atoms with Gasteiger partial charge in [-0.3, -0.25) is 0 Å². The molecule has 0 radical (unpaired) electrons. The Morgan fingerprint density at radius 1 is 1.00 bits per heavy atom. The average molecular weight is 278 g/mol. The zero-order valence-corrected chi connectivity index (χ0v) is 13.4. The summed E-state index contributed by atoms with van der Waals surface area (Å²) in [7, 11) is 5.84. The van der Waals surface area contributed by atoms with Crippen molar-refractivity contribution in [3.63, 3.8) is 0 Å². The summed E-state index contributed by atoms with van der Waals surface area (Å²) < 4.78 is 5.33. The van der Waals surface area contributed by atoms with Crippen molar-refractivity contribution in [3.8, 4) is 0 Å². The lowest BCUT2D eigenvalue weighted by Gasteiger charge is -2.24. The Morgan fingerprint density at radius 3 is 1.85 bits per heavy atom. The Bertz CT molecular complexity index is 433. The van der Waals surface area contributed by atoms with Crippen molar-refractivity contribution in [2.24, 2.45) is 0 Å². The quantitative estimate of drug-likeness (QED) is 0.848. The summed E-state index contributed by atoms with van der Waals surface area (Å²) >= 11 is 0.